The Hall–Kier alpha value is -1.30. The summed E-state index contributed by atoms with van der Waals surface area (Å²) < 4.78 is 4.57. The molecule has 2 atom stereocenters. The van der Waals surface area contributed by atoms with E-state index in [-0.39, 0.29) is 11.9 Å². The summed E-state index contributed by atoms with van der Waals surface area (Å²) in [6.45, 7) is 2.41. The van der Waals surface area contributed by atoms with Gasteiger partial charge in [-0.2, -0.15) is 0 Å². The molecule has 2 heterocycles. The molecule has 0 spiro atoms. The summed E-state index contributed by atoms with van der Waals surface area (Å²) in [7, 11) is 1.35. The Morgan fingerprint density at radius 2 is 2.20 bits per heavy atom. The molecule has 2 rings (SSSR count). The van der Waals surface area contributed by atoms with E-state index in [0.29, 0.717) is 19.0 Å². The highest BCUT2D eigenvalue weighted by Crippen LogP contribution is 2.15. The first-order chi connectivity index (χ1) is 9.69. The molecule has 6 nitrogen and oxygen atoms in total. The monoisotopic (exact) mass is 283 g/mol. The van der Waals surface area contributed by atoms with Crippen molar-refractivity contribution in [3.05, 3.63) is 0 Å². The predicted molar refractivity (Wildman–Crippen MR) is 75.4 cm³/mol. The Morgan fingerprint density at radius 1 is 1.35 bits per heavy atom. The third kappa shape index (κ3) is 4.37. The van der Waals surface area contributed by atoms with Crippen LogP contribution in [0.25, 0.3) is 0 Å². The molecule has 2 saturated heterocycles. The van der Waals surface area contributed by atoms with Crippen LogP contribution in [0.5, 0.6) is 0 Å². The number of hydrogen-bond acceptors (Lipinski definition) is 4. The van der Waals surface area contributed by atoms with Crippen LogP contribution >= 0.6 is 0 Å². The van der Waals surface area contributed by atoms with Crippen molar-refractivity contribution < 1.29 is 14.3 Å². The van der Waals surface area contributed by atoms with Crippen molar-refractivity contribution in [1.82, 2.24) is 15.5 Å². The van der Waals surface area contributed by atoms with E-state index in [2.05, 4.69) is 15.4 Å². The van der Waals surface area contributed by atoms with Gasteiger partial charge in [0.1, 0.15) is 0 Å². The molecule has 20 heavy (non-hydrogen) atoms. The highest BCUT2D eigenvalue weighted by molar-refractivity contribution is 5.76. The molecule has 0 aromatic heterocycles. The SMILES string of the molecule is COC(=O)NC1CCN(C(=O)CCC2CCCCN2)C1. The fourth-order valence-electron chi connectivity index (χ4n) is 2.96. The van der Waals surface area contributed by atoms with Crippen LogP contribution in [-0.2, 0) is 9.53 Å². The average Bonchev–Trinajstić information content (AvgIpc) is 2.94. The number of nitrogens with one attached hydrogen (secondary N) is 2. The summed E-state index contributed by atoms with van der Waals surface area (Å²) in [5, 5.41) is 6.21. The molecule has 0 radical (unpaired) electrons. The number of methoxy groups -OCH3 is 1. The number of hydrogen-bond donors (Lipinski definition) is 2. The van der Waals surface area contributed by atoms with E-state index in [4.69, 9.17) is 0 Å². The van der Waals surface area contributed by atoms with E-state index < -0.39 is 6.09 Å². The normalized spacial score (nSPS) is 26.4. The Kier molecular flexibility index (Phi) is 5.64. The number of carbonyl (C=O) groups excluding carboxylic acids is 2. The van der Waals surface area contributed by atoms with Crippen LogP contribution < -0.4 is 10.6 Å². The van der Waals surface area contributed by atoms with Crippen LogP contribution in [0.3, 0.4) is 0 Å². The van der Waals surface area contributed by atoms with E-state index in [0.717, 1.165) is 25.9 Å². The van der Waals surface area contributed by atoms with Crippen LogP contribution in [0.15, 0.2) is 0 Å². The molecule has 2 aliphatic heterocycles. The van der Waals surface area contributed by atoms with Crippen LogP contribution in [-0.4, -0.2) is 55.7 Å². The van der Waals surface area contributed by atoms with E-state index in [1.54, 1.807) is 0 Å². The van der Waals surface area contributed by atoms with Gasteiger partial charge in [0.25, 0.3) is 0 Å². The van der Waals surface area contributed by atoms with Gasteiger partial charge in [-0.1, -0.05) is 6.42 Å². The quantitative estimate of drug-likeness (QED) is 0.803. The lowest BCUT2D eigenvalue weighted by Gasteiger charge is -2.24. The number of ether oxygens (including phenoxy) is 1. The highest BCUT2D eigenvalue weighted by Gasteiger charge is 2.27. The summed E-state index contributed by atoms with van der Waals surface area (Å²) >= 11 is 0. The van der Waals surface area contributed by atoms with Gasteiger partial charge in [-0.25, -0.2) is 4.79 Å². The molecule has 2 fully saturated rings. The topological polar surface area (TPSA) is 70.7 Å². The van der Waals surface area contributed by atoms with Crippen molar-refractivity contribution in [1.29, 1.82) is 0 Å². The molecule has 0 saturated carbocycles. The smallest absolute Gasteiger partial charge is 0.407 e. The van der Waals surface area contributed by atoms with E-state index >= 15 is 0 Å². The molecule has 0 aromatic carbocycles. The number of piperidine rings is 1. The number of nitrogens with zero attached hydrogens (tertiary/aromatic N) is 1. The van der Waals surface area contributed by atoms with Crippen molar-refractivity contribution in [2.45, 2.75) is 50.6 Å². The molecule has 6 heteroatoms. The lowest BCUT2D eigenvalue weighted by atomic mass is 10.0. The Morgan fingerprint density at radius 3 is 2.90 bits per heavy atom. The van der Waals surface area contributed by atoms with Gasteiger partial charge in [-0.3, -0.25) is 4.79 Å². The van der Waals surface area contributed by atoms with E-state index in [9.17, 15) is 9.59 Å². The summed E-state index contributed by atoms with van der Waals surface area (Å²) in [4.78, 5) is 25.1. The molecule has 0 aliphatic carbocycles. The molecular formula is C14H25N3O3. The second kappa shape index (κ2) is 7.47. The standard InChI is InChI=1S/C14H25N3O3/c1-20-14(19)16-12-7-9-17(10-12)13(18)6-5-11-4-2-3-8-15-11/h11-12,15H,2-10H2,1H3,(H,16,19). The molecule has 2 amide bonds. The Balaban J connectivity index is 1.67. The molecular weight excluding hydrogens is 258 g/mol. The molecule has 2 aliphatic rings. The summed E-state index contributed by atoms with van der Waals surface area (Å²) in [6, 6.07) is 0.526. The van der Waals surface area contributed by atoms with Crippen LogP contribution in [0.4, 0.5) is 4.79 Å². The number of carbonyl (C=O) groups is 2. The zero-order chi connectivity index (χ0) is 14.4. The van der Waals surface area contributed by atoms with Gasteiger partial charge in [0, 0.05) is 25.6 Å². The number of rotatable bonds is 4. The average molecular weight is 283 g/mol. The fraction of sp³-hybridized carbons (Fsp3) is 0.857. The van der Waals surface area contributed by atoms with Crippen LogP contribution in [0.1, 0.15) is 38.5 Å². The van der Waals surface area contributed by atoms with Crippen molar-refractivity contribution in [3.8, 4) is 0 Å². The number of likely N-dealkylation sites (tertiary alicyclic amines) is 1. The molecule has 2 N–H and O–H groups in total. The maximum absolute atomic E-state index is 12.1. The van der Waals surface area contributed by atoms with E-state index in [1.165, 1.54) is 26.4 Å². The highest BCUT2D eigenvalue weighted by atomic mass is 16.5. The van der Waals surface area contributed by atoms with Gasteiger partial charge in [0.15, 0.2) is 0 Å². The maximum Gasteiger partial charge on any atom is 0.407 e. The molecule has 114 valence electrons. The Bertz CT molecular complexity index is 343. The summed E-state index contributed by atoms with van der Waals surface area (Å²) in [5.74, 6) is 0.200. The minimum absolute atomic E-state index is 0.0270. The van der Waals surface area contributed by atoms with Crippen LogP contribution in [0.2, 0.25) is 0 Å². The molecule has 0 aromatic rings. The van der Waals surface area contributed by atoms with E-state index in [1.807, 2.05) is 4.90 Å². The minimum Gasteiger partial charge on any atom is -0.453 e. The second-order valence-corrected chi connectivity index (χ2v) is 5.65. The zero-order valence-electron chi connectivity index (χ0n) is 12.2. The van der Waals surface area contributed by atoms with Gasteiger partial charge < -0.3 is 20.3 Å². The third-order valence-corrected chi connectivity index (χ3v) is 4.17. The van der Waals surface area contributed by atoms with Crippen molar-refractivity contribution in [2.75, 3.05) is 26.7 Å². The summed E-state index contributed by atoms with van der Waals surface area (Å²) in [5.41, 5.74) is 0. The van der Waals surface area contributed by atoms with Crippen molar-refractivity contribution >= 4 is 12.0 Å². The van der Waals surface area contributed by atoms with Gasteiger partial charge in [0.2, 0.25) is 5.91 Å². The maximum atomic E-state index is 12.1. The Labute approximate surface area is 120 Å². The second-order valence-electron chi connectivity index (χ2n) is 5.65. The summed E-state index contributed by atoms with van der Waals surface area (Å²) in [6.07, 6.45) is 5.60. The minimum atomic E-state index is -0.421. The van der Waals surface area contributed by atoms with Gasteiger partial charge in [-0.15, -0.1) is 0 Å². The lowest BCUT2D eigenvalue weighted by molar-refractivity contribution is -0.130. The molecule has 0 bridgehead atoms. The number of alkyl carbamates (subject to hydrolysis) is 1. The zero-order valence-corrected chi connectivity index (χ0v) is 12.2. The first-order valence-electron chi connectivity index (χ1n) is 7.54. The number of amides is 2. The predicted octanol–water partition coefficient (Wildman–Crippen LogP) is 0.866. The van der Waals surface area contributed by atoms with Gasteiger partial charge in [-0.05, 0) is 32.2 Å². The first-order valence-corrected chi connectivity index (χ1v) is 7.54. The van der Waals surface area contributed by atoms with Gasteiger partial charge >= 0.3 is 6.09 Å². The van der Waals surface area contributed by atoms with Crippen molar-refractivity contribution in [2.24, 2.45) is 0 Å². The van der Waals surface area contributed by atoms with Crippen molar-refractivity contribution in [3.63, 3.8) is 0 Å². The van der Waals surface area contributed by atoms with Crippen LogP contribution in [0, 0.1) is 0 Å². The third-order valence-electron chi connectivity index (χ3n) is 4.17. The lowest BCUT2D eigenvalue weighted by Crippen LogP contribution is -2.39. The molecule has 2 unspecified atom stereocenters. The van der Waals surface area contributed by atoms with Gasteiger partial charge in [0.05, 0.1) is 13.2 Å². The largest absolute Gasteiger partial charge is 0.453 e. The first kappa shape index (κ1) is 15.1. The fourth-order valence-corrected chi connectivity index (χ4v) is 2.96.